The molecule has 2 heterocycles. The van der Waals surface area contributed by atoms with Gasteiger partial charge in [0.25, 0.3) is 0 Å². The van der Waals surface area contributed by atoms with Crippen LogP contribution in [0.15, 0.2) is 84.2 Å². The summed E-state index contributed by atoms with van der Waals surface area (Å²) in [6.45, 7) is 4.85. The second-order valence-electron chi connectivity index (χ2n) is 11.2. The average Bonchev–Trinajstić information content (AvgIpc) is 3.77. The molecule has 5 aliphatic rings. The number of carbonyl (C=O) groups is 3. The highest BCUT2D eigenvalue weighted by molar-refractivity contribution is 8.33. The molecule has 3 aromatic carbocycles. The molecule has 0 amide bonds. The van der Waals surface area contributed by atoms with Crippen molar-refractivity contribution in [2.75, 3.05) is 0 Å². The van der Waals surface area contributed by atoms with Crippen LogP contribution < -0.4 is 0 Å². The molecule has 2 aliphatic heterocycles. The van der Waals surface area contributed by atoms with Gasteiger partial charge in [-0.1, -0.05) is 149 Å². The van der Waals surface area contributed by atoms with E-state index in [9.17, 15) is 14.4 Å². The molecule has 8 rings (SSSR count). The largest absolute Gasteiger partial charge is 0.288 e. The molecule has 0 unspecified atom stereocenters. The lowest BCUT2D eigenvalue weighted by Gasteiger charge is -2.50. The van der Waals surface area contributed by atoms with Gasteiger partial charge >= 0.3 is 0 Å². The van der Waals surface area contributed by atoms with Gasteiger partial charge in [0, 0.05) is 43.9 Å². The Balaban J connectivity index is 1.50. The van der Waals surface area contributed by atoms with Crippen molar-refractivity contribution in [3.8, 4) is 11.8 Å². The molecular weight excluding hydrogens is 717 g/mol. The molecule has 3 aliphatic carbocycles. The topological polar surface area (TPSA) is 51.2 Å². The number of rotatable bonds is 6. The Morgan fingerprint density at radius 3 is 1.53 bits per heavy atom. The number of carbonyl (C=O) groups excluding carboxylic acids is 3. The van der Waals surface area contributed by atoms with Crippen LogP contribution in [0.5, 0.6) is 0 Å². The predicted molar refractivity (Wildman–Crippen MR) is 208 cm³/mol. The highest BCUT2D eigenvalue weighted by Crippen LogP contribution is 2.62. The Hall–Kier alpha value is -2.10. The minimum atomic E-state index is -0.778. The third-order valence-corrected chi connectivity index (χ3v) is 15.9. The van der Waals surface area contributed by atoms with Crippen LogP contribution in [-0.4, -0.2) is 15.3 Å². The lowest BCUT2D eigenvalue weighted by molar-refractivity contribution is -0.109. The minimum absolute atomic E-state index is 0.0809. The molecule has 0 saturated carbocycles. The van der Waals surface area contributed by atoms with Crippen LogP contribution in [0.4, 0.5) is 0 Å². The van der Waals surface area contributed by atoms with E-state index in [0.717, 1.165) is 38.3 Å². The van der Waals surface area contributed by atoms with Gasteiger partial charge in [0.1, 0.15) is 5.41 Å². The predicted octanol–water partition coefficient (Wildman–Crippen LogP) is 10.6. The highest BCUT2D eigenvalue weighted by atomic mass is 32.2. The van der Waals surface area contributed by atoms with Crippen LogP contribution in [-0.2, 0) is 37.1 Å². The Kier molecular flexibility index (Phi) is 9.97. The standard InChI is InChI=1S/C37H28O3S7/c1-21(38)43-17-24-7-4-10-28-31(24)34-32-25(18-44-22(2)39)8-5-11-29(32)37(28,30-12-6-9-26(33(30)34)19-45-23(3)40)14-13-27-20-46-36(47-27)35-41-15-16-42-35/h4-12,15-16,20,34H,17-19H2,1-3H3. The summed E-state index contributed by atoms with van der Waals surface area (Å²) in [7, 11) is 0. The molecule has 236 valence electrons. The Morgan fingerprint density at radius 2 is 1.11 bits per heavy atom. The van der Waals surface area contributed by atoms with E-state index < -0.39 is 5.41 Å². The van der Waals surface area contributed by atoms with Crippen molar-refractivity contribution in [2.24, 2.45) is 0 Å². The number of hydrogen-bond acceptors (Lipinski definition) is 10. The quantitative estimate of drug-likeness (QED) is 0.228. The summed E-state index contributed by atoms with van der Waals surface area (Å²) in [6.07, 6.45) is 0. The number of thioether (sulfide) groups is 7. The fourth-order valence-electron chi connectivity index (χ4n) is 6.69. The first-order chi connectivity index (χ1) is 22.8. The van der Waals surface area contributed by atoms with Crippen LogP contribution in [0, 0.1) is 11.8 Å². The molecule has 0 radical (unpaired) electrons. The normalized spacial score (nSPS) is 19.9. The van der Waals surface area contributed by atoms with Crippen LogP contribution >= 0.6 is 82.3 Å². The van der Waals surface area contributed by atoms with Crippen LogP contribution in [0.1, 0.15) is 76.8 Å². The van der Waals surface area contributed by atoms with Crippen molar-refractivity contribution in [2.45, 2.75) is 49.4 Å². The molecule has 0 aromatic heterocycles. The maximum atomic E-state index is 12.2. The number of hydrogen-bond donors (Lipinski definition) is 0. The van der Waals surface area contributed by atoms with E-state index in [4.69, 9.17) is 0 Å². The van der Waals surface area contributed by atoms with E-state index in [1.807, 2.05) is 0 Å². The number of benzene rings is 3. The third kappa shape index (κ3) is 6.27. The lowest BCUT2D eigenvalue weighted by Crippen LogP contribution is -2.43. The molecular formula is C37H28O3S7. The maximum Gasteiger partial charge on any atom is 0.186 e. The van der Waals surface area contributed by atoms with Gasteiger partial charge in [-0.3, -0.25) is 14.4 Å². The van der Waals surface area contributed by atoms with E-state index in [1.54, 1.807) is 67.8 Å². The maximum absolute atomic E-state index is 12.2. The van der Waals surface area contributed by atoms with Gasteiger partial charge < -0.3 is 0 Å². The second-order valence-corrected chi connectivity index (χ2v) is 18.9. The zero-order chi connectivity index (χ0) is 32.7. The van der Waals surface area contributed by atoms with Crippen molar-refractivity contribution >= 4 is 97.7 Å². The van der Waals surface area contributed by atoms with Crippen molar-refractivity contribution in [3.63, 3.8) is 0 Å². The first-order valence-electron chi connectivity index (χ1n) is 14.8. The minimum Gasteiger partial charge on any atom is -0.288 e. The van der Waals surface area contributed by atoms with E-state index in [-0.39, 0.29) is 21.3 Å². The Morgan fingerprint density at radius 1 is 0.660 bits per heavy atom. The second kappa shape index (κ2) is 14.0. The SMILES string of the molecule is CC(=O)SCc1cccc2c1C1c3c(CSC(C)=O)cccc3C2(C#CC2=CSC(=C3SC=CS3)S2)c2cccc(CSC(C)=O)c21. The molecule has 0 spiro atoms. The summed E-state index contributed by atoms with van der Waals surface area (Å²) in [6, 6.07) is 19.4. The van der Waals surface area contributed by atoms with E-state index in [0.29, 0.717) is 17.3 Å². The molecule has 0 atom stereocenters. The third-order valence-electron chi connectivity index (χ3n) is 8.38. The zero-order valence-electron chi connectivity index (χ0n) is 25.7. The van der Waals surface area contributed by atoms with Crippen LogP contribution in [0.25, 0.3) is 0 Å². The molecule has 2 bridgehead atoms. The monoisotopic (exact) mass is 744 g/mol. The van der Waals surface area contributed by atoms with E-state index >= 15 is 0 Å². The summed E-state index contributed by atoms with van der Waals surface area (Å²) in [4.78, 5) is 37.7. The zero-order valence-corrected chi connectivity index (χ0v) is 31.4. The lowest BCUT2D eigenvalue weighted by atomic mass is 9.51. The van der Waals surface area contributed by atoms with Crippen LogP contribution in [0.3, 0.4) is 0 Å². The summed E-state index contributed by atoms with van der Waals surface area (Å²) in [5.74, 6) is 9.14. The fourth-order valence-corrected chi connectivity index (χ4v) is 12.8. The molecule has 0 N–H and O–H groups in total. The van der Waals surface area contributed by atoms with Gasteiger partial charge in [0.05, 0.1) is 13.4 Å². The van der Waals surface area contributed by atoms with E-state index in [1.165, 1.54) is 60.5 Å². The van der Waals surface area contributed by atoms with Gasteiger partial charge in [-0.15, -0.1) is 0 Å². The summed E-state index contributed by atoms with van der Waals surface area (Å²) in [5, 5.41) is 6.64. The fraction of sp³-hybridized carbons (Fsp3) is 0.216. The summed E-state index contributed by atoms with van der Waals surface area (Å²) >= 11 is 11.0. The van der Waals surface area contributed by atoms with E-state index in [2.05, 4.69) is 82.7 Å². The molecule has 0 fully saturated rings. The molecule has 10 heteroatoms. The molecule has 3 aromatic rings. The molecule has 3 nitrogen and oxygen atoms in total. The first kappa shape index (κ1) is 33.4. The van der Waals surface area contributed by atoms with Gasteiger partial charge in [0.2, 0.25) is 0 Å². The van der Waals surface area contributed by atoms with Gasteiger partial charge in [-0.05, 0) is 66.3 Å². The first-order valence-corrected chi connectivity index (χ1v) is 21.3. The molecule has 47 heavy (non-hydrogen) atoms. The summed E-state index contributed by atoms with van der Waals surface area (Å²) < 4.78 is 2.55. The average molecular weight is 745 g/mol. The van der Waals surface area contributed by atoms with Gasteiger partial charge in [-0.25, -0.2) is 0 Å². The molecule has 0 saturated heterocycles. The Labute approximate surface area is 305 Å². The van der Waals surface area contributed by atoms with Crippen molar-refractivity contribution in [1.29, 1.82) is 0 Å². The Bertz CT molecular complexity index is 1840. The summed E-state index contributed by atoms with van der Waals surface area (Å²) in [5.41, 5.74) is 9.67. The van der Waals surface area contributed by atoms with Gasteiger partial charge in [0.15, 0.2) is 15.3 Å². The highest BCUT2D eigenvalue weighted by Gasteiger charge is 2.53. The van der Waals surface area contributed by atoms with Crippen molar-refractivity contribution < 1.29 is 14.4 Å². The smallest absolute Gasteiger partial charge is 0.186 e. The van der Waals surface area contributed by atoms with Crippen molar-refractivity contribution in [3.05, 3.63) is 134 Å². The van der Waals surface area contributed by atoms with Crippen molar-refractivity contribution in [1.82, 2.24) is 0 Å². The van der Waals surface area contributed by atoms with Gasteiger partial charge in [-0.2, -0.15) is 0 Å². The van der Waals surface area contributed by atoms with Crippen LogP contribution in [0.2, 0.25) is 0 Å². The number of allylic oxidation sites excluding steroid dienone is 1.